The van der Waals surface area contributed by atoms with Crippen molar-refractivity contribution in [2.75, 3.05) is 12.3 Å². The van der Waals surface area contributed by atoms with Crippen LogP contribution < -0.4 is 5.32 Å². The second-order valence-corrected chi connectivity index (χ2v) is 8.26. The highest BCUT2D eigenvalue weighted by molar-refractivity contribution is 8.03. The molecular formula is C27H39NOS. The van der Waals surface area contributed by atoms with Crippen LogP contribution in [0.3, 0.4) is 0 Å². The van der Waals surface area contributed by atoms with Crippen molar-refractivity contribution in [3.8, 4) is 0 Å². The first kappa shape index (κ1) is 26.0. The summed E-state index contributed by atoms with van der Waals surface area (Å²) in [5.74, 6) is 1.30. The van der Waals surface area contributed by atoms with E-state index in [0.717, 1.165) is 57.1 Å². The van der Waals surface area contributed by atoms with Crippen LogP contribution in [-0.2, 0) is 4.79 Å². The number of carbonyl (C=O) groups excluding carboxylic acids is 1. The zero-order valence-corrected chi connectivity index (χ0v) is 19.4. The average molecular weight is 426 g/mol. The van der Waals surface area contributed by atoms with E-state index in [2.05, 4.69) is 91.2 Å². The second-order valence-electron chi connectivity index (χ2n) is 7.04. The molecule has 0 atom stereocenters. The van der Waals surface area contributed by atoms with Gasteiger partial charge in [-0.3, -0.25) is 4.79 Å². The Labute approximate surface area is 188 Å². The van der Waals surface area contributed by atoms with Gasteiger partial charge in [0.25, 0.3) is 0 Å². The minimum Gasteiger partial charge on any atom is -0.352 e. The second kappa shape index (κ2) is 20.3. The van der Waals surface area contributed by atoms with Crippen LogP contribution in [0.15, 0.2) is 83.9 Å². The van der Waals surface area contributed by atoms with Gasteiger partial charge in [0, 0.05) is 23.6 Å². The van der Waals surface area contributed by atoms with Gasteiger partial charge >= 0.3 is 0 Å². The van der Waals surface area contributed by atoms with Crippen LogP contribution in [0.5, 0.6) is 0 Å². The lowest BCUT2D eigenvalue weighted by Gasteiger charge is -2.04. The SMILES string of the molecule is CC/C=C\C/C=C\C/C=C\C/C=C\C/C=C\C/C=C\CCC(=O)NCC1=CCCS1. The van der Waals surface area contributed by atoms with Gasteiger partial charge in [0.1, 0.15) is 0 Å². The van der Waals surface area contributed by atoms with Crippen LogP contribution in [0.2, 0.25) is 0 Å². The number of amides is 1. The highest BCUT2D eigenvalue weighted by Crippen LogP contribution is 2.23. The van der Waals surface area contributed by atoms with Crippen molar-refractivity contribution >= 4 is 17.7 Å². The molecule has 3 heteroatoms. The van der Waals surface area contributed by atoms with Gasteiger partial charge in [-0.05, 0) is 51.4 Å². The quantitative estimate of drug-likeness (QED) is 0.258. The molecule has 0 aliphatic carbocycles. The van der Waals surface area contributed by atoms with Gasteiger partial charge in [-0.1, -0.05) is 85.9 Å². The molecule has 1 rings (SSSR count). The number of allylic oxidation sites excluding steroid dienone is 13. The molecule has 1 aliphatic heterocycles. The number of nitrogens with one attached hydrogen (secondary N) is 1. The summed E-state index contributed by atoms with van der Waals surface area (Å²) in [4.78, 5) is 13.1. The Kier molecular flexibility index (Phi) is 17.6. The molecule has 0 aromatic carbocycles. The molecule has 0 aromatic heterocycles. The van der Waals surface area contributed by atoms with Crippen molar-refractivity contribution in [2.24, 2.45) is 0 Å². The van der Waals surface area contributed by atoms with E-state index < -0.39 is 0 Å². The van der Waals surface area contributed by atoms with Gasteiger partial charge in [0.2, 0.25) is 5.91 Å². The number of hydrogen-bond acceptors (Lipinski definition) is 2. The molecule has 0 aromatic rings. The molecule has 2 nitrogen and oxygen atoms in total. The van der Waals surface area contributed by atoms with Crippen molar-refractivity contribution in [3.05, 3.63) is 83.9 Å². The first-order valence-electron chi connectivity index (χ1n) is 11.3. The Bertz CT molecular complexity index is 650. The van der Waals surface area contributed by atoms with E-state index in [9.17, 15) is 4.79 Å². The van der Waals surface area contributed by atoms with Crippen LogP contribution >= 0.6 is 11.8 Å². The summed E-state index contributed by atoms with van der Waals surface area (Å²) in [5, 5.41) is 2.99. The van der Waals surface area contributed by atoms with Crippen molar-refractivity contribution in [1.29, 1.82) is 0 Å². The van der Waals surface area contributed by atoms with E-state index in [0.29, 0.717) is 13.0 Å². The summed E-state index contributed by atoms with van der Waals surface area (Å²) < 4.78 is 0. The molecule has 0 unspecified atom stereocenters. The third-order valence-corrected chi connectivity index (χ3v) is 5.49. The summed E-state index contributed by atoms with van der Waals surface area (Å²) >= 11 is 1.85. The average Bonchev–Trinajstić information content (AvgIpc) is 3.27. The molecule has 1 amide bonds. The summed E-state index contributed by atoms with van der Waals surface area (Å²) in [5.41, 5.74) is 0. The highest BCUT2D eigenvalue weighted by Gasteiger charge is 2.06. The van der Waals surface area contributed by atoms with Gasteiger partial charge < -0.3 is 5.32 Å². The maximum absolute atomic E-state index is 11.8. The predicted octanol–water partition coefficient (Wildman–Crippen LogP) is 7.60. The first-order chi connectivity index (χ1) is 14.8. The van der Waals surface area contributed by atoms with Crippen molar-refractivity contribution in [2.45, 2.75) is 64.7 Å². The van der Waals surface area contributed by atoms with Gasteiger partial charge in [-0.2, -0.15) is 0 Å². The van der Waals surface area contributed by atoms with Crippen LogP contribution in [0.4, 0.5) is 0 Å². The van der Waals surface area contributed by atoms with Crippen molar-refractivity contribution < 1.29 is 4.79 Å². The fraction of sp³-hybridized carbons (Fsp3) is 0.444. The summed E-state index contributed by atoms with van der Waals surface area (Å²) in [6.45, 7) is 2.86. The summed E-state index contributed by atoms with van der Waals surface area (Å²) in [6, 6.07) is 0. The van der Waals surface area contributed by atoms with Crippen LogP contribution in [-0.4, -0.2) is 18.2 Å². The highest BCUT2D eigenvalue weighted by atomic mass is 32.2. The zero-order chi connectivity index (χ0) is 21.5. The van der Waals surface area contributed by atoms with Gasteiger partial charge in [-0.15, -0.1) is 11.8 Å². The fourth-order valence-corrected chi connectivity index (χ4v) is 3.63. The molecule has 0 saturated carbocycles. The minimum absolute atomic E-state index is 0.142. The minimum atomic E-state index is 0.142. The lowest BCUT2D eigenvalue weighted by molar-refractivity contribution is -0.120. The number of thioether (sulfide) groups is 1. The van der Waals surface area contributed by atoms with Crippen molar-refractivity contribution in [1.82, 2.24) is 5.32 Å². The van der Waals surface area contributed by atoms with E-state index in [1.54, 1.807) is 0 Å². The Morgan fingerprint density at radius 2 is 1.33 bits per heavy atom. The maximum Gasteiger partial charge on any atom is 0.220 e. The Balaban J connectivity index is 1.93. The summed E-state index contributed by atoms with van der Waals surface area (Å²) in [7, 11) is 0. The van der Waals surface area contributed by atoms with Gasteiger partial charge in [0.15, 0.2) is 0 Å². The lowest BCUT2D eigenvalue weighted by atomic mass is 10.2. The Hall–Kier alpha value is -2.00. The van der Waals surface area contributed by atoms with E-state index in [4.69, 9.17) is 0 Å². The summed E-state index contributed by atoms with van der Waals surface area (Å²) in [6.07, 6.45) is 37.1. The molecule has 0 radical (unpaired) electrons. The van der Waals surface area contributed by atoms with E-state index in [1.165, 1.54) is 4.91 Å². The molecule has 0 fully saturated rings. The largest absolute Gasteiger partial charge is 0.352 e. The molecule has 0 spiro atoms. The molecule has 1 aliphatic rings. The predicted molar refractivity (Wildman–Crippen MR) is 136 cm³/mol. The van der Waals surface area contributed by atoms with Crippen LogP contribution in [0.1, 0.15) is 64.7 Å². The Morgan fingerprint density at radius 1 is 0.833 bits per heavy atom. The van der Waals surface area contributed by atoms with Gasteiger partial charge in [-0.25, -0.2) is 0 Å². The fourth-order valence-electron chi connectivity index (χ4n) is 2.72. The van der Waals surface area contributed by atoms with Gasteiger partial charge in [0.05, 0.1) is 0 Å². The molecule has 1 N–H and O–H groups in total. The topological polar surface area (TPSA) is 29.1 Å². The zero-order valence-electron chi connectivity index (χ0n) is 18.6. The number of rotatable bonds is 16. The van der Waals surface area contributed by atoms with Crippen molar-refractivity contribution in [3.63, 3.8) is 0 Å². The lowest BCUT2D eigenvalue weighted by Crippen LogP contribution is -2.24. The van der Waals surface area contributed by atoms with E-state index in [-0.39, 0.29) is 5.91 Å². The monoisotopic (exact) mass is 425 g/mol. The molecule has 1 heterocycles. The normalized spacial score (nSPS) is 15.2. The third-order valence-electron chi connectivity index (χ3n) is 4.37. The van der Waals surface area contributed by atoms with Crippen LogP contribution in [0, 0.1) is 0 Å². The first-order valence-corrected chi connectivity index (χ1v) is 12.3. The maximum atomic E-state index is 11.8. The Morgan fingerprint density at radius 3 is 1.80 bits per heavy atom. The van der Waals surface area contributed by atoms with E-state index >= 15 is 0 Å². The number of carbonyl (C=O) groups is 1. The molecule has 164 valence electrons. The molecule has 0 bridgehead atoms. The third kappa shape index (κ3) is 16.9. The number of hydrogen-bond donors (Lipinski definition) is 1. The van der Waals surface area contributed by atoms with Crippen LogP contribution in [0.25, 0.3) is 0 Å². The molecular weight excluding hydrogens is 386 g/mol. The standard InChI is InChI=1S/C27H39NOS/c1-2-3-4-5-6-7-8-9-10-11-12-13-14-15-16-17-18-19-20-23-27(29)28-25-26-22-21-24-30-26/h3-4,6-7,9-10,12-13,15-16,18-19,22H,2,5,8,11,14,17,20-21,23-25H2,1H3,(H,28,29)/b4-3-,7-6-,10-9-,13-12-,16-15-,19-18-. The molecule has 30 heavy (non-hydrogen) atoms. The van der Waals surface area contributed by atoms with E-state index in [1.807, 2.05) is 11.8 Å². The molecule has 0 saturated heterocycles. The smallest absolute Gasteiger partial charge is 0.220 e.